The van der Waals surface area contributed by atoms with Crippen molar-refractivity contribution in [2.24, 2.45) is 5.73 Å². The Morgan fingerprint density at radius 1 is 1.05 bits per heavy atom. The summed E-state index contributed by atoms with van der Waals surface area (Å²) in [7, 11) is 0. The highest BCUT2D eigenvalue weighted by atomic mass is 35.5. The van der Waals surface area contributed by atoms with Crippen LogP contribution in [0.1, 0.15) is 15.9 Å². The number of nitrogens with two attached hydrogens (primary N) is 1. The summed E-state index contributed by atoms with van der Waals surface area (Å²) in [5.74, 6) is -0.410. The van der Waals surface area contributed by atoms with Crippen LogP contribution in [0, 0.1) is 0 Å². The summed E-state index contributed by atoms with van der Waals surface area (Å²) in [5.41, 5.74) is 6.83. The molecule has 2 aromatic rings. The van der Waals surface area contributed by atoms with E-state index >= 15 is 0 Å². The molecule has 0 fully saturated rings. The number of anilines is 1. The second-order valence-corrected chi connectivity index (χ2v) is 5.83. The van der Waals surface area contributed by atoms with Crippen LogP contribution in [0.25, 0.3) is 0 Å². The van der Waals surface area contributed by atoms with Crippen LogP contribution in [0.5, 0.6) is 0 Å². The van der Waals surface area contributed by atoms with E-state index in [2.05, 4.69) is 5.32 Å². The number of hydrogen-bond donors (Lipinski definition) is 2. The first kappa shape index (κ1) is 16.0. The molecule has 0 aliphatic carbocycles. The summed E-state index contributed by atoms with van der Waals surface area (Å²) in [6.07, 6.45) is 0. The summed E-state index contributed by atoms with van der Waals surface area (Å²) in [4.78, 5) is 12.4. The van der Waals surface area contributed by atoms with Gasteiger partial charge in [-0.2, -0.15) is 0 Å². The van der Waals surface area contributed by atoms with Gasteiger partial charge in [0, 0.05) is 10.6 Å². The minimum Gasteiger partial charge on any atom is -0.389 e. The molecule has 0 atom stereocenters. The van der Waals surface area contributed by atoms with E-state index in [9.17, 15) is 4.79 Å². The van der Waals surface area contributed by atoms with Gasteiger partial charge in [-0.1, -0.05) is 47.0 Å². The number of nitrogens with one attached hydrogen (secondary N) is 1. The molecule has 0 bridgehead atoms. The number of carbonyl (C=O) groups is 1. The molecule has 3 N–H and O–H groups in total. The third-order valence-corrected chi connectivity index (χ3v) is 3.79. The highest BCUT2D eigenvalue weighted by molar-refractivity contribution is 7.80. The zero-order valence-corrected chi connectivity index (χ0v) is 13.6. The van der Waals surface area contributed by atoms with Crippen molar-refractivity contribution in [3.05, 3.63) is 62.6 Å². The average molecular weight is 360 g/mol. The Labute approximate surface area is 142 Å². The molecule has 0 spiro atoms. The minimum atomic E-state index is -0.410. The third-order valence-electron chi connectivity index (χ3n) is 2.67. The largest absolute Gasteiger partial charge is 0.389 e. The Bertz CT molecular complexity index is 734. The Kier molecular flexibility index (Phi) is 5.06. The maximum absolute atomic E-state index is 12.2. The van der Waals surface area contributed by atoms with E-state index in [1.165, 1.54) is 6.07 Å². The van der Waals surface area contributed by atoms with Crippen molar-refractivity contribution in [1.82, 2.24) is 0 Å². The van der Waals surface area contributed by atoms with Crippen molar-refractivity contribution in [3.63, 3.8) is 0 Å². The lowest BCUT2D eigenvalue weighted by molar-refractivity contribution is 0.102. The highest BCUT2D eigenvalue weighted by Crippen LogP contribution is 2.26. The van der Waals surface area contributed by atoms with Gasteiger partial charge < -0.3 is 11.1 Å². The van der Waals surface area contributed by atoms with Gasteiger partial charge in [-0.3, -0.25) is 4.79 Å². The lowest BCUT2D eigenvalue weighted by Crippen LogP contribution is -2.14. The first-order valence-corrected chi connectivity index (χ1v) is 7.28. The van der Waals surface area contributed by atoms with Crippen molar-refractivity contribution < 1.29 is 4.79 Å². The maximum Gasteiger partial charge on any atom is 0.257 e. The van der Waals surface area contributed by atoms with Crippen LogP contribution >= 0.6 is 47.0 Å². The zero-order valence-electron chi connectivity index (χ0n) is 10.5. The number of hydrogen-bond acceptors (Lipinski definition) is 2. The molecule has 0 saturated heterocycles. The van der Waals surface area contributed by atoms with E-state index in [0.29, 0.717) is 26.3 Å². The van der Waals surface area contributed by atoms with Crippen molar-refractivity contribution in [3.8, 4) is 0 Å². The van der Waals surface area contributed by atoms with Crippen molar-refractivity contribution in [2.75, 3.05) is 5.32 Å². The molecule has 0 aliphatic heterocycles. The molecule has 0 heterocycles. The Morgan fingerprint density at radius 3 is 2.38 bits per heavy atom. The van der Waals surface area contributed by atoms with Crippen LogP contribution < -0.4 is 11.1 Å². The van der Waals surface area contributed by atoms with Crippen LogP contribution in [0.2, 0.25) is 15.1 Å². The summed E-state index contributed by atoms with van der Waals surface area (Å²) in [6, 6.07) is 9.51. The normalized spacial score (nSPS) is 10.2. The van der Waals surface area contributed by atoms with Gasteiger partial charge >= 0.3 is 0 Å². The number of carbonyl (C=O) groups excluding carboxylic acids is 1. The topological polar surface area (TPSA) is 55.1 Å². The second kappa shape index (κ2) is 6.62. The number of thiocarbonyl (C=S) groups is 1. The quantitative estimate of drug-likeness (QED) is 0.791. The first-order chi connectivity index (χ1) is 9.88. The highest BCUT2D eigenvalue weighted by Gasteiger charge is 2.13. The third kappa shape index (κ3) is 3.86. The second-order valence-electron chi connectivity index (χ2n) is 4.14. The van der Waals surface area contributed by atoms with Gasteiger partial charge in [0.25, 0.3) is 5.91 Å². The van der Waals surface area contributed by atoms with Crippen LogP contribution in [0.4, 0.5) is 5.69 Å². The molecule has 0 saturated carbocycles. The molecule has 0 unspecified atom stereocenters. The van der Waals surface area contributed by atoms with E-state index < -0.39 is 5.91 Å². The van der Waals surface area contributed by atoms with Crippen molar-refractivity contribution in [1.29, 1.82) is 0 Å². The SMILES string of the molecule is NC(=S)c1ccc(NC(=O)c2cc(Cl)ccc2Cl)c(Cl)c1. The molecule has 2 rings (SSSR count). The Hall–Kier alpha value is -1.33. The Balaban J connectivity index is 2.27. The average Bonchev–Trinajstić information content (AvgIpc) is 2.43. The van der Waals surface area contributed by atoms with Gasteiger partial charge in [0.2, 0.25) is 0 Å². The standard InChI is InChI=1S/C14H9Cl3N2OS/c15-8-2-3-10(16)9(6-8)14(20)19-12-4-1-7(13(18)21)5-11(12)17/h1-6H,(H2,18,21)(H,19,20). The van der Waals surface area contributed by atoms with Gasteiger partial charge in [0.15, 0.2) is 0 Å². The predicted molar refractivity (Wildman–Crippen MR) is 91.8 cm³/mol. The zero-order chi connectivity index (χ0) is 15.6. The number of rotatable bonds is 3. The van der Waals surface area contributed by atoms with Gasteiger partial charge in [-0.25, -0.2) is 0 Å². The molecule has 2 aromatic carbocycles. The summed E-state index contributed by atoms with van der Waals surface area (Å²) < 4.78 is 0. The van der Waals surface area contributed by atoms with E-state index in [-0.39, 0.29) is 10.6 Å². The monoisotopic (exact) mass is 358 g/mol. The molecule has 3 nitrogen and oxygen atoms in total. The van der Waals surface area contributed by atoms with Crippen molar-refractivity contribution in [2.45, 2.75) is 0 Å². The molecule has 1 amide bonds. The fourth-order valence-corrected chi connectivity index (χ4v) is 2.36. The molecule has 0 aliphatic rings. The molecule has 0 aromatic heterocycles. The van der Waals surface area contributed by atoms with E-state index in [1.807, 2.05) is 0 Å². The van der Waals surface area contributed by atoms with E-state index in [4.69, 9.17) is 52.8 Å². The lowest BCUT2D eigenvalue weighted by atomic mass is 10.1. The molecule has 7 heteroatoms. The van der Waals surface area contributed by atoms with Gasteiger partial charge in [0.1, 0.15) is 4.99 Å². The van der Waals surface area contributed by atoms with Gasteiger partial charge in [0.05, 0.1) is 21.3 Å². The van der Waals surface area contributed by atoms with E-state index in [0.717, 1.165) is 0 Å². The molecule has 0 radical (unpaired) electrons. The fraction of sp³-hybridized carbons (Fsp3) is 0. The van der Waals surface area contributed by atoms with Gasteiger partial charge in [-0.05, 0) is 36.4 Å². The van der Waals surface area contributed by atoms with Crippen LogP contribution in [-0.4, -0.2) is 10.9 Å². The summed E-state index contributed by atoms with van der Waals surface area (Å²) in [6.45, 7) is 0. The molecular formula is C14H9Cl3N2OS. The van der Waals surface area contributed by atoms with Crippen LogP contribution in [0.3, 0.4) is 0 Å². The molecular weight excluding hydrogens is 351 g/mol. The first-order valence-electron chi connectivity index (χ1n) is 5.74. The number of amides is 1. The fourth-order valence-electron chi connectivity index (χ4n) is 1.63. The predicted octanol–water partition coefficient (Wildman–Crippen LogP) is 4.53. The molecule has 21 heavy (non-hydrogen) atoms. The van der Waals surface area contributed by atoms with Gasteiger partial charge in [-0.15, -0.1) is 0 Å². The maximum atomic E-state index is 12.2. The van der Waals surface area contributed by atoms with Crippen LogP contribution in [-0.2, 0) is 0 Å². The Morgan fingerprint density at radius 2 is 1.76 bits per heavy atom. The van der Waals surface area contributed by atoms with Crippen LogP contribution in [0.15, 0.2) is 36.4 Å². The van der Waals surface area contributed by atoms with Crippen molar-refractivity contribution >= 4 is 63.6 Å². The minimum absolute atomic E-state index is 0.229. The number of benzene rings is 2. The summed E-state index contributed by atoms with van der Waals surface area (Å²) in [5, 5.41) is 3.70. The smallest absolute Gasteiger partial charge is 0.257 e. The summed E-state index contributed by atoms with van der Waals surface area (Å²) >= 11 is 22.8. The molecule has 108 valence electrons. The van der Waals surface area contributed by atoms with E-state index in [1.54, 1.807) is 30.3 Å². The number of halogens is 3. The lowest BCUT2D eigenvalue weighted by Gasteiger charge is -2.10.